The first kappa shape index (κ1) is 21.7. The van der Waals surface area contributed by atoms with Crippen molar-refractivity contribution in [2.24, 2.45) is 4.99 Å². The fraction of sp³-hybridized carbons (Fsp3) is 0.444. The van der Waals surface area contributed by atoms with Gasteiger partial charge in [-0.1, -0.05) is 19.1 Å². The van der Waals surface area contributed by atoms with Gasteiger partial charge in [-0.05, 0) is 38.0 Å². The maximum absolute atomic E-state index is 5.74. The summed E-state index contributed by atoms with van der Waals surface area (Å²) in [5.74, 6) is 1.69. The van der Waals surface area contributed by atoms with E-state index >= 15 is 0 Å². The Hall–Kier alpha value is -1.35. The molecule has 0 unspecified atom stereocenters. The molecule has 2 N–H and O–H groups in total. The maximum atomic E-state index is 5.74. The molecule has 0 saturated carbocycles. The van der Waals surface area contributed by atoms with Gasteiger partial charge in [0.1, 0.15) is 17.4 Å². The molecule has 0 aliphatic rings. The highest BCUT2D eigenvalue weighted by molar-refractivity contribution is 14.0. The van der Waals surface area contributed by atoms with Gasteiger partial charge < -0.3 is 15.4 Å². The van der Waals surface area contributed by atoms with Crippen LogP contribution in [0.25, 0.3) is 0 Å². The lowest BCUT2D eigenvalue weighted by Crippen LogP contribution is -2.39. The third-order valence-corrected chi connectivity index (χ3v) is 4.45. The number of ether oxygens (including phenoxy) is 1. The van der Waals surface area contributed by atoms with Crippen LogP contribution in [0.5, 0.6) is 5.75 Å². The molecule has 5 nitrogen and oxygen atoms in total. The molecule has 0 aliphatic heterocycles. The lowest BCUT2D eigenvalue weighted by Gasteiger charge is -2.12. The van der Waals surface area contributed by atoms with Crippen LogP contribution >= 0.6 is 35.3 Å². The normalized spacial score (nSPS) is 10.9. The number of rotatable bonds is 8. The van der Waals surface area contributed by atoms with Gasteiger partial charge >= 0.3 is 0 Å². The highest BCUT2D eigenvalue weighted by Crippen LogP contribution is 2.14. The van der Waals surface area contributed by atoms with Crippen LogP contribution in [0.1, 0.15) is 29.3 Å². The summed E-state index contributed by atoms with van der Waals surface area (Å²) in [5.41, 5.74) is 1.20. The van der Waals surface area contributed by atoms with E-state index < -0.39 is 0 Å². The molecule has 138 valence electrons. The first-order chi connectivity index (χ1) is 11.7. The van der Waals surface area contributed by atoms with Gasteiger partial charge in [-0.25, -0.2) is 9.98 Å². The molecule has 0 bridgehead atoms. The van der Waals surface area contributed by atoms with Crippen LogP contribution in [0.4, 0.5) is 0 Å². The Morgan fingerprint density at radius 3 is 2.80 bits per heavy atom. The molecule has 0 radical (unpaired) electrons. The van der Waals surface area contributed by atoms with Crippen LogP contribution in [0.3, 0.4) is 0 Å². The number of hydrogen-bond acceptors (Lipinski definition) is 4. The first-order valence-corrected chi connectivity index (χ1v) is 9.18. The van der Waals surface area contributed by atoms with E-state index in [2.05, 4.69) is 47.4 Å². The SMILES string of the molecule is CCNC(=NCc1ncc(CC)s1)NCCOc1cccc(C)c1.I. The van der Waals surface area contributed by atoms with E-state index in [1.54, 1.807) is 11.3 Å². The van der Waals surface area contributed by atoms with Crippen molar-refractivity contribution in [3.8, 4) is 5.75 Å². The molecule has 2 rings (SSSR count). The van der Waals surface area contributed by atoms with Gasteiger partial charge in [-0.3, -0.25) is 0 Å². The van der Waals surface area contributed by atoms with Crippen molar-refractivity contribution >= 4 is 41.3 Å². The van der Waals surface area contributed by atoms with Crippen LogP contribution < -0.4 is 15.4 Å². The average Bonchev–Trinajstić information content (AvgIpc) is 3.04. The van der Waals surface area contributed by atoms with Crippen molar-refractivity contribution in [2.45, 2.75) is 33.7 Å². The fourth-order valence-electron chi connectivity index (χ4n) is 2.12. The third kappa shape index (κ3) is 8.04. The second kappa shape index (κ2) is 12.1. The topological polar surface area (TPSA) is 58.5 Å². The van der Waals surface area contributed by atoms with Crippen LogP contribution in [0.2, 0.25) is 0 Å². The van der Waals surface area contributed by atoms with Crippen molar-refractivity contribution in [3.63, 3.8) is 0 Å². The molecule has 0 atom stereocenters. The summed E-state index contributed by atoms with van der Waals surface area (Å²) in [6.45, 7) is 8.95. The summed E-state index contributed by atoms with van der Waals surface area (Å²) in [7, 11) is 0. The maximum Gasteiger partial charge on any atom is 0.191 e. The van der Waals surface area contributed by atoms with E-state index in [0.29, 0.717) is 19.7 Å². The van der Waals surface area contributed by atoms with Gasteiger partial charge in [0.25, 0.3) is 0 Å². The van der Waals surface area contributed by atoms with E-state index in [1.807, 2.05) is 24.4 Å². The van der Waals surface area contributed by atoms with Crippen LogP contribution in [0.15, 0.2) is 35.5 Å². The van der Waals surface area contributed by atoms with E-state index in [1.165, 1.54) is 10.4 Å². The summed E-state index contributed by atoms with van der Waals surface area (Å²) < 4.78 is 5.74. The van der Waals surface area contributed by atoms with Gasteiger partial charge in [-0.2, -0.15) is 0 Å². The van der Waals surface area contributed by atoms with Gasteiger partial charge in [0.2, 0.25) is 0 Å². The predicted octanol–water partition coefficient (Wildman–Crippen LogP) is 3.77. The van der Waals surface area contributed by atoms with Gasteiger partial charge in [0.15, 0.2) is 5.96 Å². The van der Waals surface area contributed by atoms with E-state index in [0.717, 1.165) is 29.7 Å². The number of nitrogens with one attached hydrogen (secondary N) is 2. The van der Waals surface area contributed by atoms with E-state index in [4.69, 9.17) is 4.74 Å². The predicted molar refractivity (Wildman–Crippen MR) is 116 cm³/mol. The molecule has 0 saturated heterocycles. The molecule has 1 heterocycles. The Balaban J connectivity index is 0.00000312. The van der Waals surface area contributed by atoms with Gasteiger partial charge in [0, 0.05) is 17.6 Å². The number of thiazole rings is 1. The van der Waals surface area contributed by atoms with Crippen LogP contribution in [-0.2, 0) is 13.0 Å². The summed E-state index contributed by atoms with van der Waals surface area (Å²) in [4.78, 5) is 10.3. The zero-order valence-electron chi connectivity index (χ0n) is 15.0. The number of hydrogen-bond donors (Lipinski definition) is 2. The zero-order valence-corrected chi connectivity index (χ0v) is 18.2. The number of benzene rings is 1. The molecule has 1 aromatic carbocycles. The van der Waals surface area contributed by atoms with Crippen molar-refractivity contribution in [1.82, 2.24) is 15.6 Å². The first-order valence-electron chi connectivity index (χ1n) is 8.36. The zero-order chi connectivity index (χ0) is 17.2. The fourth-order valence-corrected chi connectivity index (χ4v) is 2.90. The van der Waals surface area contributed by atoms with Crippen LogP contribution in [-0.4, -0.2) is 30.6 Å². The minimum absolute atomic E-state index is 0. The lowest BCUT2D eigenvalue weighted by atomic mass is 10.2. The molecule has 0 spiro atoms. The van der Waals surface area contributed by atoms with E-state index in [-0.39, 0.29) is 24.0 Å². The molecular weight excluding hydrogens is 447 g/mol. The number of aromatic nitrogens is 1. The van der Waals surface area contributed by atoms with Gasteiger partial charge in [-0.15, -0.1) is 35.3 Å². The smallest absolute Gasteiger partial charge is 0.191 e. The van der Waals surface area contributed by atoms with Crippen LogP contribution in [0, 0.1) is 6.92 Å². The van der Waals surface area contributed by atoms with E-state index in [9.17, 15) is 0 Å². The monoisotopic (exact) mass is 474 g/mol. The molecule has 7 heteroatoms. The second-order valence-corrected chi connectivity index (χ2v) is 6.56. The summed E-state index contributed by atoms with van der Waals surface area (Å²) in [6, 6.07) is 8.07. The highest BCUT2D eigenvalue weighted by atomic mass is 127. The summed E-state index contributed by atoms with van der Waals surface area (Å²) in [5, 5.41) is 7.57. The Morgan fingerprint density at radius 2 is 2.12 bits per heavy atom. The van der Waals surface area contributed by atoms with Crippen molar-refractivity contribution in [2.75, 3.05) is 19.7 Å². The molecule has 25 heavy (non-hydrogen) atoms. The Kier molecular flexibility index (Phi) is 10.5. The third-order valence-electron chi connectivity index (χ3n) is 3.32. The largest absolute Gasteiger partial charge is 0.492 e. The highest BCUT2D eigenvalue weighted by Gasteiger charge is 2.02. The number of halogens is 1. The molecule has 0 aliphatic carbocycles. The number of aliphatic imine (C=N–C) groups is 1. The van der Waals surface area contributed by atoms with Crippen molar-refractivity contribution in [1.29, 1.82) is 0 Å². The Bertz CT molecular complexity index is 660. The van der Waals surface area contributed by atoms with Crippen molar-refractivity contribution < 1.29 is 4.74 Å². The quantitative estimate of drug-likeness (QED) is 0.265. The number of aryl methyl sites for hydroxylation is 2. The Morgan fingerprint density at radius 1 is 1.28 bits per heavy atom. The molecule has 0 fully saturated rings. The average molecular weight is 474 g/mol. The number of guanidine groups is 1. The summed E-state index contributed by atoms with van der Waals surface area (Å²) in [6.07, 6.45) is 2.96. The Labute approximate surface area is 171 Å². The minimum Gasteiger partial charge on any atom is -0.492 e. The molecule has 2 aromatic rings. The standard InChI is InChI=1S/C18H26N4OS.HI/c1-4-16-12-21-17(24-16)13-22-18(19-5-2)20-9-10-23-15-8-6-7-14(3)11-15;/h6-8,11-12H,4-5,9-10,13H2,1-3H3,(H2,19,20,22);1H. The second-order valence-electron chi connectivity index (χ2n) is 5.36. The molecule has 1 aromatic heterocycles. The van der Waals surface area contributed by atoms with Gasteiger partial charge in [0.05, 0.1) is 13.1 Å². The molecular formula is C18H27IN4OS. The number of nitrogens with zero attached hydrogens (tertiary/aromatic N) is 2. The lowest BCUT2D eigenvalue weighted by molar-refractivity contribution is 0.321. The minimum atomic E-state index is 0. The van der Waals surface area contributed by atoms with Crippen molar-refractivity contribution in [3.05, 3.63) is 45.9 Å². The molecule has 0 amide bonds. The summed E-state index contributed by atoms with van der Waals surface area (Å²) >= 11 is 1.72.